The van der Waals surface area contributed by atoms with Crippen molar-refractivity contribution in [3.8, 4) is 11.5 Å². The first-order chi connectivity index (χ1) is 7.15. The molecule has 3 nitrogen and oxygen atoms in total. The minimum absolute atomic E-state index is 0.0530. The molecule has 0 bridgehead atoms. The van der Waals surface area contributed by atoms with Gasteiger partial charge >= 0.3 is 0 Å². The Balaban J connectivity index is 2.69. The number of rotatable bonds is 5. The predicted octanol–water partition coefficient (Wildman–Crippen LogP) is 2.20. The highest BCUT2D eigenvalue weighted by atomic mass is 32.2. The molecule has 0 aliphatic carbocycles. The molecule has 0 aliphatic rings. The van der Waals surface area contributed by atoms with Crippen LogP contribution in [0.2, 0.25) is 0 Å². The monoisotopic (exact) mass is 224 g/mol. The maximum absolute atomic E-state index is 11.6. The topological polar surface area (TPSA) is 57.5 Å². The molecule has 0 atom stereocenters. The van der Waals surface area contributed by atoms with Crippen LogP contribution in [-0.2, 0) is 0 Å². The van der Waals surface area contributed by atoms with Gasteiger partial charge in [-0.3, -0.25) is 4.79 Å². The Kier molecular flexibility index (Phi) is 4.24. The summed E-state index contributed by atoms with van der Waals surface area (Å²) in [5, 5.41) is 18.5. The Morgan fingerprint density at radius 1 is 1.47 bits per heavy atom. The van der Waals surface area contributed by atoms with E-state index < -0.39 is 0 Å². The van der Waals surface area contributed by atoms with Gasteiger partial charge in [0, 0.05) is 11.8 Å². The molecule has 0 heterocycles. The van der Waals surface area contributed by atoms with E-state index in [-0.39, 0.29) is 22.8 Å². The number of benzene rings is 1. The van der Waals surface area contributed by atoms with Gasteiger partial charge in [-0.25, -0.2) is 0 Å². The van der Waals surface area contributed by atoms with Gasteiger partial charge in [-0.2, -0.15) is 0 Å². The molecule has 80 valence electrons. The van der Waals surface area contributed by atoms with Crippen molar-refractivity contribution in [1.82, 2.24) is 0 Å². The Morgan fingerprint density at radius 2 is 2.20 bits per heavy atom. The molecule has 0 fully saturated rings. The lowest BCUT2D eigenvalue weighted by molar-refractivity contribution is 0.102. The molecule has 0 aromatic heterocycles. The maximum Gasteiger partial charge on any atom is 0.176 e. The van der Waals surface area contributed by atoms with Gasteiger partial charge < -0.3 is 10.2 Å². The van der Waals surface area contributed by atoms with E-state index in [1.54, 1.807) is 6.08 Å². The molecule has 0 saturated heterocycles. The number of ketones is 1. The second kappa shape index (κ2) is 5.46. The fourth-order valence-corrected chi connectivity index (χ4v) is 1.69. The zero-order valence-electron chi connectivity index (χ0n) is 8.14. The largest absolute Gasteiger partial charge is 0.508 e. The van der Waals surface area contributed by atoms with Crippen LogP contribution in [-0.4, -0.2) is 27.5 Å². The van der Waals surface area contributed by atoms with Crippen molar-refractivity contribution in [2.45, 2.75) is 0 Å². The van der Waals surface area contributed by atoms with Gasteiger partial charge in [-0.05, 0) is 12.1 Å². The highest BCUT2D eigenvalue weighted by molar-refractivity contribution is 8.00. The van der Waals surface area contributed by atoms with E-state index in [0.717, 1.165) is 6.07 Å². The maximum atomic E-state index is 11.6. The van der Waals surface area contributed by atoms with E-state index in [0.29, 0.717) is 11.5 Å². The highest BCUT2D eigenvalue weighted by Gasteiger charge is 2.10. The van der Waals surface area contributed by atoms with E-state index in [1.165, 1.54) is 23.9 Å². The predicted molar refractivity (Wildman–Crippen MR) is 61.6 cm³/mol. The van der Waals surface area contributed by atoms with E-state index in [1.807, 2.05) is 0 Å². The van der Waals surface area contributed by atoms with Crippen molar-refractivity contribution in [1.29, 1.82) is 0 Å². The molecule has 15 heavy (non-hydrogen) atoms. The third-order valence-electron chi connectivity index (χ3n) is 1.75. The van der Waals surface area contributed by atoms with Crippen LogP contribution in [0.4, 0.5) is 0 Å². The summed E-state index contributed by atoms with van der Waals surface area (Å²) in [5.74, 6) is 0.607. The third-order valence-corrected chi connectivity index (χ3v) is 2.69. The minimum Gasteiger partial charge on any atom is -0.508 e. The summed E-state index contributed by atoms with van der Waals surface area (Å²) in [7, 11) is 0. The van der Waals surface area contributed by atoms with Gasteiger partial charge in [0.1, 0.15) is 11.5 Å². The molecule has 1 aromatic rings. The summed E-state index contributed by atoms with van der Waals surface area (Å²) < 4.78 is 0. The first-order valence-corrected chi connectivity index (χ1v) is 5.54. The first kappa shape index (κ1) is 11.7. The summed E-state index contributed by atoms with van der Waals surface area (Å²) in [6.07, 6.45) is 1.72. The van der Waals surface area contributed by atoms with Crippen LogP contribution in [0.3, 0.4) is 0 Å². The lowest BCUT2D eigenvalue weighted by Gasteiger charge is -2.03. The third kappa shape index (κ3) is 3.32. The number of thioether (sulfide) groups is 1. The van der Waals surface area contributed by atoms with E-state index in [4.69, 9.17) is 5.11 Å². The Hall–Kier alpha value is -1.42. The van der Waals surface area contributed by atoms with Crippen LogP contribution in [0.1, 0.15) is 10.4 Å². The van der Waals surface area contributed by atoms with Crippen LogP contribution in [0.25, 0.3) is 0 Å². The smallest absolute Gasteiger partial charge is 0.176 e. The normalized spacial score (nSPS) is 9.87. The van der Waals surface area contributed by atoms with Crippen LogP contribution in [0.15, 0.2) is 30.9 Å². The van der Waals surface area contributed by atoms with Gasteiger partial charge in [0.05, 0.1) is 11.3 Å². The van der Waals surface area contributed by atoms with Crippen molar-refractivity contribution >= 4 is 17.5 Å². The Bertz CT molecular complexity index is 374. The molecule has 0 aliphatic heterocycles. The molecule has 1 aromatic carbocycles. The van der Waals surface area contributed by atoms with Crippen LogP contribution >= 0.6 is 11.8 Å². The lowest BCUT2D eigenvalue weighted by atomic mass is 10.1. The number of carbonyl (C=O) groups excluding carboxylic acids is 1. The average molecular weight is 224 g/mol. The average Bonchev–Trinajstić information content (AvgIpc) is 2.17. The molecule has 0 amide bonds. The molecule has 0 radical (unpaired) electrons. The molecule has 1 rings (SSSR count). The molecule has 2 N–H and O–H groups in total. The second-order valence-electron chi connectivity index (χ2n) is 2.93. The molecular weight excluding hydrogens is 212 g/mol. The van der Waals surface area contributed by atoms with Gasteiger partial charge in [-0.1, -0.05) is 6.08 Å². The van der Waals surface area contributed by atoms with Crippen LogP contribution in [0, 0.1) is 0 Å². The summed E-state index contributed by atoms with van der Waals surface area (Å²) >= 11 is 1.43. The number of hydrogen-bond donors (Lipinski definition) is 2. The summed E-state index contributed by atoms with van der Waals surface area (Å²) in [6, 6.07) is 3.96. The highest BCUT2D eigenvalue weighted by Crippen LogP contribution is 2.23. The zero-order chi connectivity index (χ0) is 11.3. The van der Waals surface area contributed by atoms with Crippen LogP contribution < -0.4 is 0 Å². The molecule has 0 spiro atoms. The minimum atomic E-state index is -0.181. The Labute approximate surface area is 92.4 Å². The number of aromatic hydroxyl groups is 2. The van der Waals surface area contributed by atoms with E-state index in [2.05, 4.69) is 6.58 Å². The quantitative estimate of drug-likeness (QED) is 0.457. The SMILES string of the molecule is C=CCSCC(=O)c1ccc(O)cc1O. The Morgan fingerprint density at radius 3 is 2.80 bits per heavy atom. The molecule has 4 heteroatoms. The van der Waals surface area contributed by atoms with Crippen molar-refractivity contribution in [2.24, 2.45) is 0 Å². The van der Waals surface area contributed by atoms with Crippen molar-refractivity contribution in [3.63, 3.8) is 0 Å². The summed E-state index contributed by atoms with van der Waals surface area (Å²) in [6.45, 7) is 3.54. The van der Waals surface area contributed by atoms with Crippen molar-refractivity contribution in [3.05, 3.63) is 36.4 Å². The first-order valence-electron chi connectivity index (χ1n) is 4.39. The van der Waals surface area contributed by atoms with Gasteiger partial charge in [0.2, 0.25) is 0 Å². The lowest BCUT2D eigenvalue weighted by Crippen LogP contribution is -2.02. The molecular formula is C11H12O3S. The number of phenols is 2. The number of phenolic OH excluding ortho intramolecular Hbond substituents is 2. The van der Waals surface area contributed by atoms with E-state index in [9.17, 15) is 9.90 Å². The number of Topliss-reactive ketones (excluding diaryl/α,β-unsaturated/α-hetero) is 1. The van der Waals surface area contributed by atoms with Gasteiger partial charge in [0.15, 0.2) is 5.78 Å². The fourth-order valence-electron chi connectivity index (χ4n) is 1.07. The van der Waals surface area contributed by atoms with Gasteiger partial charge in [0.25, 0.3) is 0 Å². The van der Waals surface area contributed by atoms with Crippen molar-refractivity contribution in [2.75, 3.05) is 11.5 Å². The summed E-state index contributed by atoms with van der Waals surface area (Å²) in [5.41, 5.74) is 0.240. The zero-order valence-corrected chi connectivity index (χ0v) is 8.96. The summed E-state index contributed by atoms with van der Waals surface area (Å²) in [4.78, 5) is 11.6. The van der Waals surface area contributed by atoms with Crippen molar-refractivity contribution < 1.29 is 15.0 Å². The number of hydrogen-bond acceptors (Lipinski definition) is 4. The van der Waals surface area contributed by atoms with E-state index >= 15 is 0 Å². The molecule has 0 unspecified atom stereocenters. The van der Waals surface area contributed by atoms with Crippen LogP contribution in [0.5, 0.6) is 11.5 Å². The second-order valence-corrected chi connectivity index (χ2v) is 3.96. The standard InChI is InChI=1S/C11H12O3S/c1-2-5-15-7-11(14)9-4-3-8(12)6-10(9)13/h2-4,6,12-13H,1,5,7H2. The van der Waals surface area contributed by atoms with Gasteiger partial charge in [-0.15, -0.1) is 18.3 Å². The fraction of sp³-hybridized carbons (Fsp3) is 0.182. The number of carbonyl (C=O) groups is 1. The molecule has 0 saturated carbocycles.